The summed E-state index contributed by atoms with van der Waals surface area (Å²) in [6.07, 6.45) is 9.30. The Morgan fingerprint density at radius 3 is 2.53 bits per heavy atom. The standard InChI is InChI=1S/C25H31ClN4O2/c26-23-10-9-20(16-27-23)25(32)29-22-8-4-5-18(15-22)17-30-13-11-19(12-14-30)24(31)28-21-6-2-1-3-7-21/h4-5,8-10,15-16,19,21H,1-3,6-7,11-14,17H2,(H,28,31)(H,29,32). The van der Waals surface area contributed by atoms with Crippen LogP contribution in [-0.4, -0.2) is 40.8 Å². The van der Waals surface area contributed by atoms with Crippen molar-refractivity contribution in [2.75, 3.05) is 18.4 Å². The molecule has 0 radical (unpaired) electrons. The minimum absolute atomic E-state index is 0.131. The topological polar surface area (TPSA) is 74.3 Å². The largest absolute Gasteiger partial charge is 0.353 e. The van der Waals surface area contributed by atoms with Gasteiger partial charge in [0.15, 0.2) is 0 Å². The highest BCUT2D eigenvalue weighted by molar-refractivity contribution is 6.29. The summed E-state index contributed by atoms with van der Waals surface area (Å²) in [6, 6.07) is 11.6. The Hall–Kier alpha value is -2.44. The molecular formula is C25H31ClN4O2. The molecule has 2 fully saturated rings. The number of nitrogens with zero attached hydrogens (tertiary/aromatic N) is 2. The number of amides is 2. The zero-order chi connectivity index (χ0) is 22.3. The van der Waals surface area contributed by atoms with Crippen LogP contribution in [0, 0.1) is 5.92 Å². The molecule has 2 aromatic rings. The molecule has 0 unspecified atom stereocenters. The molecule has 1 aromatic carbocycles. The van der Waals surface area contributed by atoms with Gasteiger partial charge in [0.05, 0.1) is 5.56 Å². The number of hydrogen-bond donors (Lipinski definition) is 2. The van der Waals surface area contributed by atoms with Crippen LogP contribution in [0.4, 0.5) is 5.69 Å². The Kier molecular flexibility index (Phi) is 7.76. The molecule has 6 nitrogen and oxygen atoms in total. The van der Waals surface area contributed by atoms with Crippen molar-refractivity contribution in [3.05, 3.63) is 58.9 Å². The molecule has 170 valence electrons. The van der Waals surface area contributed by atoms with Crippen LogP contribution in [0.15, 0.2) is 42.6 Å². The molecule has 7 heteroatoms. The van der Waals surface area contributed by atoms with Crippen molar-refractivity contribution in [1.82, 2.24) is 15.2 Å². The Morgan fingerprint density at radius 2 is 1.81 bits per heavy atom. The van der Waals surface area contributed by atoms with E-state index in [4.69, 9.17) is 11.6 Å². The van der Waals surface area contributed by atoms with Crippen LogP contribution in [0.25, 0.3) is 0 Å². The van der Waals surface area contributed by atoms with Crippen LogP contribution in [0.3, 0.4) is 0 Å². The third-order valence-corrected chi connectivity index (χ3v) is 6.71. The van der Waals surface area contributed by atoms with E-state index in [2.05, 4.69) is 26.6 Å². The molecule has 2 amide bonds. The van der Waals surface area contributed by atoms with Gasteiger partial charge in [-0.15, -0.1) is 0 Å². The lowest BCUT2D eigenvalue weighted by molar-refractivity contribution is -0.127. The number of nitrogens with one attached hydrogen (secondary N) is 2. The van der Waals surface area contributed by atoms with Crippen LogP contribution in [0.1, 0.15) is 60.9 Å². The predicted octanol–water partition coefficient (Wildman–Crippen LogP) is 4.65. The summed E-state index contributed by atoms with van der Waals surface area (Å²) in [6.45, 7) is 2.63. The first-order valence-electron chi connectivity index (χ1n) is 11.6. The summed E-state index contributed by atoms with van der Waals surface area (Å²) in [4.78, 5) is 31.4. The number of benzene rings is 1. The normalized spacial score (nSPS) is 18.3. The van der Waals surface area contributed by atoms with Crippen molar-refractivity contribution in [2.24, 2.45) is 5.92 Å². The summed E-state index contributed by atoms with van der Waals surface area (Å²) in [5.41, 5.74) is 2.36. The predicted molar refractivity (Wildman–Crippen MR) is 127 cm³/mol. The van der Waals surface area contributed by atoms with Crippen molar-refractivity contribution in [3.8, 4) is 0 Å². The molecule has 1 aliphatic heterocycles. The van der Waals surface area contributed by atoms with Gasteiger partial charge in [0.1, 0.15) is 5.15 Å². The van der Waals surface area contributed by atoms with Gasteiger partial charge < -0.3 is 10.6 Å². The van der Waals surface area contributed by atoms with Gasteiger partial charge in [-0.25, -0.2) is 4.98 Å². The second-order valence-electron chi connectivity index (χ2n) is 8.92. The van der Waals surface area contributed by atoms with Crippen LogP contribution in [0.2, 0.25) is 5.15 Å². The van der Waals surface area contributed by atoms with Gasteiger partial charge in [0, 0.05) is 30.4 Å². The van der Waals surface area contributed by atoms with Gasteiger partial charge in [0.2, 0.25) is 5.91 Å². The van der Waals surface area contributed by atoms with Crippen molar-refractivity contribution in [2.45, 2.75) is 57.5 Å². The van der Waals surface area contributed by atoms with E-state index in [-0.39, 0.29) is 17.7 Å². The fourth-order valence-corrected chi connectivity index (χ4v) is 4.75. The molecule has 2 N–H and O–H groups in total. The molecule has 4 rings (SSSR count). The van der Waals surface area contributed by atoms with Crippen LogP contribution >= 0.6 is 11.6 Å². The van der Waals surface area contributed by atoms with E-state index in [0.29, 0.717) is 16.8 Å². The minimum atomic E-state index is -0.212. The maximum Gasteiger partial charge on any atom is 0.257 e. The van der Waals surface area contributed by atoms with Gasteiger partial charge in [0.25, 0.3) is 5.91 Å². The number of piperidine rings is 1. The lowest BCUT2D eigenvalue weighted by atomic mass is 9.92. The summed E-state index contributed by atoms with van der Waals surface area (Å²) in [5.74, 6) is 0.167. The summed E-state index contributed by atoms with van der Waals surface area (Å²) >= 11 is 5.79. The molecule has 0 spiro atoms. The summed E-state index contributed by atoms with van der Waals surface area (Å²) in [5, 5.41) is 6.57. The maximum atomic E-state index is 12.6. The average Bonchev–Trinajstić information content (AvgIpc) is 2.81. The van der Waals surface area contributed by atoms with E-state index >= 15 is 0 Å². The second kappa shape index (κ2) is 10.9. The van der Waals surface area contributed by atoms with Crippen LogP contribution in [-0.2, 0) is 11.3 Å². The molecule has 1 saturated carbocycles. The van der Waals surface area contributed by atoms with Gasteiger partial charge in [-0.2, -0.15) is 0 Å². The Morgan fingerprint density at radius 1 is 1.03 bits per heavy atom. The fourth-order valence-electron chi connectivity index (χ4n) is 4.64. The number of aromatic nitrogens is 1. The van der Waals surface area contributed by atoms with E-state index < -0.39 is 0 Å². The first-order valence-corrected chi connectivity index (χ1v) is 12.0. The molecule has 1 aromatic heterocycles. The molecule has 2 heterocycles. The third-order valence-electron chi connectivity index (χ3n) is 6.49. The van der Waals surface area contributed by atoms with E-state index in [9.17, 15) is 9.59 Å². The number of carbonyl (C=O) groups excluding carboxylic acids is 2. The first-order chi connectivity index (χ1) is 15.6. The molecule has 0 atom stereocenters. The highest BCUT2D eigenvalue weighted by Crippen LogP contribution is 2.23. The van der Waals surface area contributed by atoms with Crippen molar-refractivity contribution in [3.63, 3.8) is 0 Å². The van der Waals surface area contributed by atoms with Crippen molar-refractivity contribution < 1.29 is 9.59 Å². The number of likely N-dealkylation sites (tertiary alicyclic amines) is 1. The first kappa shape index (κ1) is 22.7. The summed E-state index contributed by atoms with van der Waals surface area (Å²) in [7, 11) is 0. The lowest BCUT2D eigenvalue weighted by Gasteiger charge is -2.32. The van der Waals surface area contributed by atoms with Crippen LogP contribution in [0.5, 0.6) is 0 Å². The fraction of sp³-hybridized carbons (Fsp3) is 0.480. The van der Waals surface area contributed by atoms with Gasteiger partial charge >= 0.3 is 0 Å². The second-order valence-corrected chi connectivity index (χ2v) is 9.31. The summed E-state index contributed by atoms with van der Waals surface area (Å²) < 4.78 is 0. The number of halogens is 1. The van der Waals surface area contributed by atoms with Crippen LogP contribution < -0.4 is 10.6 Å². The molecule has 1 saturated heterocycles. The third kappa shape index (κ3) is 6.30. The Balaban J connectivity index is 1.25. The number of rotatable bonds is 6. The lowest BCUT2D eigenvalue weighted by Crippen LogP contribution is -2.44. The van der Waals surface area contributed by atoms with Gasteiger partial charge in [-0.3, -0.25) is 14.5 Å². The van der Waals surface area contributed by atoms with E-state index in [0.717, 1.165) is 56.6 Å². The van der Waals surface area contributed by atoms with Gasteiger partial charge in [-0.05, 0) is 68.6 Å². The zero-order valence-electron chi connectivity index (χ0n) is 18.4. The van der Waals surface area contributed by atoms with E-state index in [1.54, 1.807) is 12.1 Å². The molecule has 0 bridgehead atoms. The Labute approximate surface area is 194 Å². The number of anilines is 1. The number of pyridine rings is 1. The van der Waals surface area contributed by atoms with Gasteiger partial charge in [-0.1, -0.05) is 43.0 Å². The highest BCUT2D eigenvalue weighted by Gasteiger charge is 2.27. The average molecular weight is 455 g/mol. The smallest absolute Gasteiger partial charge is 0.257 e. The van der Waals surface area contributed by atoms with E-state index in [1.165, 1.54) is 25.5 Å². The monoisotopic (exact) mass is 454 g/mol. The number of hydrogen-bond acceptors (Lipinski definition) is 4. The molecule has 1 aliphatic carbocycles. The molecular weight excluding hydrogens is 424 g/mol. The molecule has 2 aliphatic rings. The van der Waals surface area contributed by atoms with Crippen molar-refractivity contribution in [1.29, 1.82) is 0 Å². The molecule has 32 heavy (non-hydrogen) atoms. The Bertz CT molecular complexity index is 920. The van der Waals surface area contributed by atoms with Crippen molar-refractivity contribution >= 4 is 29.1 Å². The minimum Gasteiger partial charge on any atom is -0.353 e. The number of carbonyl (C=O) groups is 2. The van der Waals surface area contributed by atoms with E-state index in [1.807, 2.05) is 18.2 Å². The quantitative estimate of drug-likeness (QED) is 0.623. The highest BCUT2D eigenvalue weighted by atomic mass is 35.5. The maximum absolute atomic E-state index is 12.6. The zero-order valence-corrected chi connectivity index (χ0v) is 19.1. The SMILES string of the molecule is O=C(Nc1cccc(CN2CCC(C(=O)NC3CCCCC3)CC2)c1)c1ccc(Cl)nc1.